The Hall–Kier alpha value is -2.38. The summed E-state index contributed by atoms with van der Waals surface area (Å²) in [7, 11) is -0.661. The number of benzene rings is 2. The number of amides is 1. The Morgan fingerprint density at radius 2 is 1.77 bits per heavy atom. The number of ether oxygens (including phenoxy) is 1. The number of methoxy groups -OCH3 is 1. The van der Waals surface area contributed by atoms with E-state index in [1.165, 1.54) is 22.4 Å². The monoisotopic (exact) mass is 430 g/mol. The van der Waals surface area contributed by atoms with E-state index in [1.807, 2.05) is 31.2 Å². The van der Waals surface area contributed by atoms with Crippen LogP contribution in [0.3, 0.4) is 0 Å². The third-order valence-corrected chi connectivity index (χ3v) is 7.41. The number of hydrogen-bond donors (Lipinski definition) is 0. The Morgan fingerprint density at radius 1 is 1.10 bits per heavy atom. The lowest BCUT2D eigenvalue weighted by molar-refractivity contribution is 0.0992. The molecular weight excluding hydrogens is 400 g/mol. The number of carbonyl (C=O) groups is 1. The number of hydrogen-bond acceptors (Lipinski definition) is 4. The SMILES string of the molecule is COc1ccc(C(=O)N(C)c2cccc(C)c2)cc1S(=O)(=O)N1CC(C)CC(C)C1. The molecule has 0 spiro atoms. The zero-order chi connectivity index (χ0) is 22.1. The maximum absolute atomic E-state index is 13.4. The highest BCUT2D eigenvalue weighted by Gasteiger charge is 2.34. The van der Waals surface area contributed by atoms with E-state index >= 15 is 0 Å². The summed E-state index contributed by atoms with van der Waals surface area (Å²) >= 11 is 0. The fraction of sp³-hybridized carbons (Fsp3) is 0.435. The number of aryl methyl sites for hydroxylation is 1. The molecule has 0 aliphatic carbocycles. The van der Waals surface area contributed by atoms with Gasteiger partial charge >= 0.3 is 0 Å². The molecule has 0 bridgehead atoms. The van der Waals surface area contributed by atoms with Crippen molar-refractivity contribution < 1.29 is 17.9 Å². The fourth-order valence-corrected chi connectivity index (χ4v) is 5.96. The van der Waals surface area contributed by atoms with Crippen LogP contribution in [0.25, 0.3) is 0 Å². The van der Waals surface area contributed by atoms with Crippen LogP contribution >= 0.6 is 0 Å². The van der Waals surface area contributed by atoms with E-state index in [9.17, 15) is 13.2 Å². The minimum Gasteiger partial charge on any atom is -0.495 e. The van der Waals surface area contributed by atoms with E-state index in [2.05, 4.69) is 13.8 Å². The van der Waals surface area contributed by atoms with Crippen LogP contribution in [0.1, 0.15) is 36.2 Å². The van der Waals surface area contributed by atoms with E-state index in [-0.39, 0.29) is 28.4 Å². The molecule has 0 saturated carbocycles. The lowest BCUT2D eigenvalue weighted by Gasteiger charge is -2.34. The van der Waals surface area contributed by atoms with E-state index in [0.29, 0.717) is 18.7 Å². The van der Waals surface area contributed by atoms with Crippen LogP contribution in [0.4, 0.5) is 5.69 Å². The molecule has 7 heteroatoms. The Labute approximate surface area is 179 Å². The first-order valence-corrected chi connectivity index (χ1v) is 11.6. The molecule has 1 amide bonds. The third kappa shape index (κ3) is 4.52. The first kappa shape index (κ1) is 22.3. The summed E-state index contributed by atoms with van der Waals surface area (Å²) in [5.41, 5.74) is 2.09. The highest BCUT2D eigenvalue weighted by Crippen LogP contribution is 2.32. The van der Waals surface area contributed by atoms with E-state index < -0.39 is 10.0 Å². The van der Waals surface area contributed by atoms with Gasteiger partial charge in [-0.3, -0.25) is 4.79 Å². The van der Waals surface area contributed by atoms with Crippen molar-refractivity contribution in [2.75, 3.05) is 32.1 Å². The Morgan fingerprint density at radius 3 is 2.37 bits per heavy atom. The quantitative estimate of drug-likeness (QED) is 0.720. The summed E-state index contributed by atoms with van der Waals surface area (Å²) in [5, 5.41) is 0. The van der Waals surface area contributed by atoms with Crippen LogP contribution in [0.2, 0.25) is 0 Å². The zero-order valence-corrected chi connectivity index (χ0v) is 19.1. The average Bonchev–Trinajstić information content (AvgIpc) is 2.71. The highest BCUT2D eigenvalue weighted by atomic mass is 32.2. The van der Waals surface area contributed by atoms with Crippen molar-refractivity contribution >= 4 is 21.6 Å². The summed E-state index contributed by atoms with van der Waals surface area (Å²) in [4.78, 5) is 14.7. The van der Waals surface area contributed by atoms with Crippen LogP contribution < -0.4 is 9.64 Å². The second-order valence-electron chi connectivity index (χ2n) is 8.34. The molecule has 2 atom stereocenters. The van der Waals surface area contributed by atoms with Crippen molar-refractivity contribution in [2.24, 2.45) is 11.8 Å². The van der Waals surface area contributed by atoms with Gasteiger partial charge in [-0.25, -0.2) is 8.42 Å². The van der Waals surface area contributed by atoms with Gasteiger partial charge in [0, 0.05) is 31.4 Å². The van der Waals surface area contributed by atoms with Gasteiger partial charge in [0.2, 0.25) is 10.0 Å². The minimum absolute atomic E-state index is 0.0368. The second kappa shape index (κ2) is 8.78. The van der Waals surface area contributed by atoms with Gasteiger partial charge < -0.3 is 9.64 Å². The van der Waals surface area contributed by atoms with Crippen molar-refractivity contribution in [3.8, 4) is 5.75 Å². The smallest absolute Gasteiger partial charge is 0.258 e. The van der Waals surface area contributed by atoms with E-state index in [0.717, 1.165) is 17.7 Å². The van der Waals surface area contributed by atoms with Crippen LogP contribution in [0.15, 0.2) is 47.4 Å². The molecule has 1 heterocycles. The number of nitrogens with zero attached hydrogens (tertiary/aromatic N) is 2. The first-order valence-electron chi connectivity index (χ1n) is 10.2. The summed E-state index contributed by atoms with van der Waals surface area (Å²) in [6, 6.07) is 12.2. The van der Waals surface area contributed by atoms with Gasteiger partial charge in [0.25, 0.3) is 5.91 Å². The lowest BCUT2D eigenvalue weighted by Crippen LogP contribution is -2.42. The summed E-state index contributed by atoms with van der Waals surface area (Å²) in [5.74, 6) is 0.536. The van der Waals surface area contributed by atoms with Crippen LogP contribution in [-0.4, -0.2) is 45.9 Å². The summed E-state index contributed by atoms with van der Waals surface area (Å²) in [6.45, 7) is 7.02. The van der Waals surface area contributed by atoms with Gasteiger partial charge in [0.15, 0.2) is 0 Å². The fourth-order valence-electron chi connectivity index (χ4n) is 4.10. The molecule has 30 heavy (non-hydrogen) atoms. The van der Waals surface area contributed by atoms with Gasteiger partial charge in [-0.1, -0.05) is 26.0 Å². The van der Waals surface area contributed by atoms with Crippen LogP contribution in [0, 0.1) is 18.8 Å². The molecule has 1 aliphatic heterocycles. The Bertz CT molecular complexity index is 1030. The summed E-state index contributed by atoms with van der Waals surface area (Å²) < 4.78 is 33.7. The van der Waals surface area contributed by atoms with Gasteiger partial charge in [-0.2, -0.15) is 4.31 Å². The molecule has 0 aromatic heterocycles. The zero-order valence-electron chi connectivity index (χ0n) is 18.3. The van der Waals surface area contributed by atoms with Crippen molar-refractivity contribution in [2.45, 2.75) is 32.1 Å². The maximum atomic E-state index is 13.4. The molecule has 0 N–H and O–H groups in total. The standard InChI is InChI=1S/C23H30N2O4S/c1-16-7-6-8-20(12-16)24(4)23(26)19-9-10-21(29-5)22(13-19)30(27,28)25-14-17(2)11-18(3)15-25/h6-10,12-13,17-18H,11,14-15H2,1-5H3. The van der Waals surface area contributed by atoms with Gasteiger partial charge in [0.05, 0.1) is 7.11 Å². The first-order chi connectivity index (χ1) is 14.1. The molecule has 1 aliphatic rings. The molecule has 0 radical (unpaired) electrons. The van der Waals surface area contributed by atoms with E-state index in [4.69, 9.17) is 4.74 Å². The minimum atomic E-state index is -3.79. The van der Waals surface area contributed by atoms with E-state index in [1.54, 1.807) is 19.2 Å². The van der Waals surface area contributed by atoms with Crippen molar-refractivity contribution in [1.82, 2.24) is 4.31 Å². The van der Waals surface area contributed by atoms with Gasteiger partial charge in [-0.05, 0) is 61.1 Å². The predicted molar refractivity (Wildman–Crippen MR) is 119 cm³/mol. The van der Waals surface area contributed by atoms with Crippen molar-refractivity contribution in [3.05, 3.63) is 53.6 Å². The largest absolute Gasteiger partial charge is 0.495 e. The number of rotatable bonds is 5. The molecule has 2 aromatic carbocycles. The molecular formula is C23H30N2O4S. The number of carbonyl (C=O) groups excluding carboxylic acids is 1. The average molecular weight is 431 g/mol. The second-order valence-corrected chi connectivity index (χ2v) is 10.2. The predicted octanol–water partition coefficient (Wildman–Crippen LogP) is 3.95. The van der Waals surface area contributed by atoms with Crippen LogP contribution in [0.5, 0.6) is 5.75 Å². The summed E-state index contributed by atoms with van der Waals surface area (Å²) in [6.07, 6.45) is 1.00. The Kier molecular flexibility index (Phi) is 6.53. The number of anilines is 1. The molecule has 1 saturated heterocycles. The number of sulfonamides is 1. The molecule has 1 fully saturated rings. The number of piperidine rings is 1. The Balaban J connectivity index is 1.98. The van der Waals surface area contributed by atoms with Crippen molar-refractivity contribution in [1.29, 1.82) is 0 Å². The molecule has 162 valence electrons. The third-order valence-electron chi connectivity index (χ3n) is 5.56. The highest BCUT2D eigenvalue weighted by molar-refractivity contribution is 7.89. The molecule has 2 unspecified atom stereocenters. The topological polar surface area (TPSA) is 66.9 Å². The van der Waals surface area contributed by atoms with Crippen molar-refractivity contribution in [3.63, 3.8) is 0 Å². The normalized spacial score (nSPS) is 20.0. The van der Waals surface area contributed by atoms with Gasteiger partial charge in [-0.15, -0.1) is 0 Å². The molecule has 6 nitrogen and oxygen atoms in total. The van der Waals surface area contributed by atoms with Gasteiger partial charge in [0.1, 0.15) is 10.6 Å². The lowest BCUT2D eigenvalue weighted by atomic mass is 9.94. The molecule has 3 rings (SSSR count). The molecule has 2 aromatic rings. The maximum Gasteiger partial charge on any atom is 0.258 e. The van der Waals surface area contributed by atoms with Crippen LogP contribution in [-0.2, 0) is 10.0 Å².